The third kappa shape index (κ3) is 5.73. The largest absolute Gasteiger partial charge is 0.506 e. The molecule has 8 heteroatoms. The second-order valence-corrected chi connectivity index (χ2v) is 20.4. The number of ether oxygens (including phenoxy) is 1. The number of aromatic hydroxyl groups is 1. The van der Waals surface area contributed by atoms with E-state index < -0.39 is 22.8 Å². The smallest absolute Gasteiger partial charge is 0.309 e. The van der Waals surface area contributed by atoms with Crippen molar-refractivity contribution in [1.82, 2.24) is 10.3 Å². The number of para-hydroxylation sites is 1. The van der Waals surface area contributed by atoms with Gasteiger partial charge in [0.1, 0.15) is 17.4 Å². The molecule has 4 unspecified atom stereocenters. The Bertz CT molecular complexity index is 1870. The summed E-state index contributed by atoms with van der Waals surface area (Å²) in [6, 6.07) is 9.30. The Balaban J connectivity index is 1.13. The van der Waals surface area contributed by atoms with Gasteiger partial charge in [-0.05, 0) is 143 Å². The van der Waals surface area contributed by atoms with Gasteiger partial charge in [0.25, 0.3) is 0 Å². The molecule has 5 aliphatic carbocycles. The third-order valence-electron chi connectivity index (χ3n) is 17.1. The standard InChI is InChI=1S/C46H64N2O6/c1-27(2)30-17-22-46(39(51)47-26-29-14-13-28-11-10-12-32(49)38(28)48-29)24-23-44(8)31(37(30)46)15-16-34-43(7)20-19-35(54-36(50)25-41(3,4)40(52)53)42(5,6)33(43)18-21-45(34,44)9/h10-14,30-31,33-35,37,49H,1,15-26H2,2-9H3,(H,47,51)(H,52,53)/t30-,31?,33?,34?,35-,37?,43-,44+,45+,46-/m0/s1. The molecular formula is C46H64N2O6. The van der Waals surface area contributed by atoms with Crippen molar-refractivity contribution in [3.63, 3.8) is 0 Å². The number of pyridine rings is 1. The Kier molecular flexibility index (Phi) is 9.41. The Morgan fingerprint density at radius 2 is 1.65 bits per heavy atom. The van der Waals surface area contributed by atoms with Crippen LogP contribution in [-0.2, 0) is 25.7 Å². The van der Waals surface area contributed by atoms with Gasteiger partial charge in [-0.1, -0.05) is 65.0 Å². The number of rotatable bonds is 8. The van der Waals surface area contributed by atoms with E-state index in [1.54, 1.807) is 19.9 Å². The highest BCUT2D eigenvalue weighted by Crippen LogP contribution is 2.77. The molecule has 1 heterocycles. The maximum atomic E-state index is 14.7. The first kappa shape index (κ1) is 38.8. The van der Waals surface area contributed by atoms with Crippen molar-refractivity contribution in [2.24, 2.45) is 62.1 Å². The normalized spacial score (nSPS) is 38.3. The number of carbonyl (C=O) groups is 3. The number of benzene rings is 1. The lowest BCUT2D eigenvalue weighted by molar-refractivity contribution is -0.249. The predicted molar refractivity (Wildman–Crippen MR) is 210 cm³/mol. The summed E-state index contributed by atoms with van der Waals surface area (Å²) >= 11 is 0. The van der Waals surface area contributed by atoms with Gasteiger partial charge in [-0.3, -0.25) is 14.4 Å². The molecule has 10 atom stereocenters. The van der Waals surface area contributed by atoms with Crippen LogP contribution in [0.15, 0.2) is 42.5 Å². The van der Waals surface area contributed by atoms with Crippen LogP contribution < -0.4 is 5.32 Å². The van der Waals surface area contributed by atoms with Gasteiger partial charge < -0.3 is 20.3 Å². The summed E-state index contributed by atoms with van der Waals surface area (Å²) in [6.45, 7) is 22.5. The van der Waals surface area contributed by atoms with Crippen LogP contribution in [0.5, 0.6) is 5.75 Å². The van der Waals surface area contributed by atoms with Crippen LogP contribution in [0.2, 0.25) is 0 Å². The first-order valence-corrected chi connectivity index (χ1v) is 20.7. The summed E-state index contributed by atoms with van der Waals surface area (Å²) in [5.74, 6) is 0.788. The average Bonchev–Trinajstić information content (AvgIpc) is 3.50. The van der Waals surface area contributed by atoms with Gasteiger partial charge in [-0.2, -0.15) is 0 Å². The molecule has 5 saturated carbocycles. The number of phenolic OH excluding ortho intramolecular Hbond substituents is 1. The quantitative estimate of drug-likeness (QED) is 0.182. The van der Waals surface area contributed by atoms with E-state index in [4.69, 9.17) is 9.72 Å². The SMILES string of the molecule is C=C(C)[C@@H]1CC[C@]2(C(=O)NCc3ccc4cccc(O)c4n3)CC[C@]3(C)C(CCC4[C@@]5(C)CC[C@H](OC(=O)CC(C)(C)C(=O)O)C(C)(C)C5CC[C@]43C)C12. The van der Waals surface area contributed by atoms with E-state index in [1.807, 2.05) is 24.3 Å². The summed E-state index contributed by atoms with van der Waals surface area (Å²) in [5, 5.41) is 24.3. The van der Waals surface area contributed by atoms with Crippen LogP contribution in [0, 0.1) is 62.1 Å². The molecular weight excluding hydrogens is 677 g/mol. The van der Waals surface area contributed by atoms with E-state index in [9.17, 15) is 24.6 Å². The van der Waals surface area contributed by atoms with Crippen LogP contribution in [0.3, 0.4) is 0 Å². The van der Waals surface area contributed by atoms with E-state index in [1.165, 1.54) is 5.57 Å². The van der Waals surface area contributed by atoms with Gasteiger partial charge in [0.05, 0.1) is 29.5 Å². The molecule has 1 amide bonds. The number of nitrogens with zero attached hydrogens (tertiary/aromatic N) is 1. The minimum absolute atomic E-state index is 0.0731. The van der Waals surface area contributed by atoms with Crippen LogP contribution in [0.25, 0.3) is 10.9 Å². The lowest BCUT2D eigenvalue weighted by Gasteiger charge is -2.72. The Morgan fingerprint density at radius 1 is 0.907 bits per heavy atom. The van der Waals surface area contributed by atoms with E-state index in [2.05, 4.69) is 53.4 Å². The molecule has 7 rings (SSSR count). The lowest BCUT2D eigenvalue weighted by Crippen LogP contribution is -2.67. The lowest BCUT2D eigenvalue weighted by atomic mass is 9.32. The summed E-state index contributed by atoms with van der Waals surface area (Å²) < 4.78 is 6.18. The van der Waals surface area contributed by atoms with Crippen molar-refractivity contribution in [1.29, 1.82) is 0 Å². The minimum atomic E-state index is -1.16. The molecule has 2 aromatic rings. The molecule has 0 aliphatic heterocycles. The van der Waals surface area contributed by atoms with Crippen LogP contribution in [0.4, 0.5) is 0 Å². The molecule has 1 aromatic carbocycles. The minimum Gasteiger partial charge on any atom is -0.506 e. The van der Waals surface area contributed by atoms with E-state index in [-0.39, 0.29) is 51.8 Å². The number of carbonyl (C=O) groups excluding carboxylic acids is 2. The molecule has 54 heavy (non-hydrogen) atoms. The molecule has 5 fully saturated rings. The number of aromatic nitrogens is 1. The first-order valence-electron chi connectivity index (χ1n) is 20.7. The van der Waals surface area contributed by atoms with Crippen molar-refractivity contribution in [3.05, 3.63) is 48.2 Å². The predicted octanol–water partition coefficient (Wildman–Crippen LogP) is 9.63. The molecule has 1 aromatic heterocycles. The molecule has 8 nitrogen and oxygen atoms in total. The van der Waals surface area contributed by atoms with Gasteiger partial charge in [-0.15, -0.1) is 0 Å². The number of hydrogen-bond donors (Lipinski definition) is 3. The van der Waals surface area contributed by atoms with Crippen LogP contribution >= 0.6 is 0 Å². The number of nitrogens with one attached hydrogen (secondary N) is 1. The number of aliphatic carboxylic acids is 1. The second-order valence-electron chi connectivity index (χ2n) is 20.4. The van der Waals surface area contributed by atoms with Crippen molar-refractivity contribution in [2.75, 3.05) is 0 Å². The van der Waals surface area contributed by atoms with Gasteiger partial charge >= 0.3 is 11.9 Å². The van der Waals surface area contributed by atoms with Crippen molar-refractivity contribution >= 4 is 28.7 Å². The first-order chi connectivity index (χ1) is 25.2. The highest BCUT2D eigenvalue weighted by Gasteiger charge is 2.72. The van der Waals surface area contributed by atoms with Gasteiger partial charge in [0, 0.05) is 10.8 Å². The van der Waals surface area contributed by atoms with E-state index >= 15 is 0 Å². The highest BCUT2D eigenvalue weighted by molar-refractivity contribution is 5.85. The zero-order valence-corrected chi connectivity index (χ0v) is 34.0. The summed E-state index contributed by atoms with van der Waals surface area (Å²) in [4.78, 5) is 44.2. The fourth-order valence-corrected chi connectivity index (χ4v) is 14.0. The average molecular weight is 741 g/mol. The number of phenols is 1. The summed E-state index contributed by atoms with van der Waals surface area (Å²) in [5.41, 5.74) is 0.945. The maximum Gasteiger partial charge on any atom is 0.309 e. The maximum absolute atomic E-state index is 14.7. The number of fused-ring (bicyclic) bond motifs is 8. The van der Waals surface area contributed by atoms with Gasteiger partial charge in [-0.25, -0.2) is 4.98 Å². The highest BCUT2D eigenvalue weighted by atomic mass is 16.5. The second kappa shape index (κ2) is 13.1. The third-order valence-corrected chi connectivity index (χ3v) is 17.1. The Morgan fingerprint density at radius 3 is 2.35 bits per heavy atom. The van der Waals surface area contributed by atoms with Crippen molar-refractivity contribution < 1.29 is 29.3 Å². The Hall–Kier alpha value is -3.42. The zero-order valence-electron chi connectivity index (χ0n) is 34.0. The fourth-order valence-electron chi connectivity index (χ4n) is 14.0. The van der Waals surface area contributed by atoms with Crippen molar-refractivity contribution in [3.8, 4) is 5.75 Å². The zero-order chi connectivity index (χ0) is 39.2. The number of carboxylic acids is 1. The van der Waals surface area contributed by atoms with Crippen LogP contribution in [0.1, 0.15) is 132 Å². The number of esters is 1. The van der Waals surface area contributed by atoms with E-state index in [0.717, 1.165) is 75.3 Å². The monoisotopic (exact) mass is 740 g/mol. The topological polar surface area (TPSA) is 126 Å². The van der Waals surface area contributed by atoms with Crippen molar-refractivity contribution in [2.45, 2.75) is 139 Å². The van der Waals surface area contributed by atoms with Gasteiger partial charge in [0.2, 0.25) is 5.91 Å². The van der Waals surface area contributed by atoms with E-state index in [0.29, 0.717) is 35.7 Å². The summed E-state index contributed by atoms with van der Waals surface area (Å²) in [7, 11) is 0. The molecule has 0 radical (unpaired) electrons. The molecule has 3 N–H and O–H groups in total. The number of hydrogen-bond acceptors (Lipinski definition) is 6. The number of allylic oxidation sites excluding steroid dienone is 1. The number of carboxylic acid groups (broad SMARTS) is 1. The molecule has 0 spiro atoms. The number of amides is 1. The van der Waals surface area contributed by atoms with Crippen LogP contribution in [-0.4, -0.2) is 39.1 Å². The molecule has 0 bridgehead atoms. The molecule has 0 saturated heterocycles. The molecule has 5 aliphatic rings. The summed E-state index contributed by atoms with van der Waals surface area (Å²) in [6.07, 6.45) is 9.65. The fraction of sp³-hybridized carbons (Fsp3) is 0.696. The molecule has 294 valence electrons. The Labute approximate surface area is 322 Å². The van der Waals surface area contributed by atoms with Gasteiger partial charge in [0.15, 0.2) is 0 Å².